The van der Waals surface area contributed by atoms with Gasteiger partial charge in [0.05, 0.1) is 24.3 Å². The quantitative estimate of drug-likeness (QED) is 0.130. The number of hydrogen-bond acceptors (Lipinski definition) is 5. The molecular weight excluding hydrogens is 440 g/mol. The summed E-state index contributed by atoms with van der Waals surface area (Å²) < 4.78 is 16.5. The van der Waals surface area contributed by atoms with Crippen LogP contribution in [0.1, 0.15) is 106 Å². The van der Waals surface area contributed by atoms with E-state index in [1.165, 1.54) is 51.4 Å². The molecule has 0 heterocycles. The summed E-state index contributed by atoms with van der Waals surface area (Å²) >= 11 is 0. The van der Waals surface area contributed by atoms with Crippen LogP contribution in [0.25, 0.3) is 0 Å². The van der Waals surface area contributed by atoms with E-state index < -0.39 is 5.97 Å². The summed E-state index contributed by atoms with van der Waals surface area (Å²) in [6, 6.07) is 13.4. The van der Waals surface area contributed by atoms with Gasteiger partial charge in [-0.25, -0.2) is 9.59 Å². The van der Waals surface area contributed by atoms with E-state index in [2.05, 4.69) is 13.8 Å². The van der Waals surface area contributed by atoms with Gasteiger partial charge in [-0.2, -0.15) is 0 Å². The maximum absolute atomic E-state index is 12.4. The molecule has 1 unspecified atom stereocenters. The van der Waals surface area contributed by atoms with Crippen molar-refractivity contribution in [3.05, 3.63) is 59.7 Å². The normalized spacial score (nSPS) is 11.6. The van der Waals surface area contributed by atoms with Crippen LogP contribution in [0.15, 0.2) is 48.5 Å². The van der Waals surface area contributed by atoms with Gasteiger partial charge in [-0.05, 0) is 60.9 Å². The van der Waals surface area contributed by atoms with Crippen LogP contribution in [0.3, 0.4) is 0 Å². The topological polar surface area (TPSA) is 61.8 Å². The first-order valence-corrected chi connectivity index (χ1v) is 13.3. The highest BCUT2D eigenvalue weighted by atomic mass is 16.5. The second kappa shape index (κ2) is 16.7. The molecule has 0 bridgehead atoms. The van der Waals surface area contributed by atoms with Gasteiger partial charge in [0.2, 0.25) is 0 Å². The molecule has 0 aliphatic rings. The van der Waals surface area contributed by atoms with Gasteiger partial charge in [-0.1, -0.05) is 78.6 Å². The average Bonchev–Trinajstić information content (AvgIpc) is 2.88. The minimum atomic E-state index is -0.456. The fourth-order valence-electron chi connectivity index (χ4n) is 3.53. The second-order valence-corrected chi connectivity index (χ2v) is 9.23. The molecule has 2 aromatic rings. The van der Waals surface area contributed by atoms with E-state index in [0.717, 1.165) is 18.6 Å². The van der Waals surface area contributed by atoms with Gasteiger partial charge in [0.15, 0.2) is 0 Å². The van der Waals surface area contributed by atoms with Gasteiger partial charge in [-0.15, -0.1) is 0 Å². The van der Waals surface area contributed by atoms with Gasteiger partial charge in [0.25, 0.3) is 0 Å². The zero-order valence-electron chi connectivity index (χ0n) is 21.7. The van der Waals surface area contributed by atoms with E-state index in [1.54, 1.807) is 48.5 Å². The molecule has 1 atom stereocenters. The molecule has 35 heavy (non-hydrogen) atoms. The molecule has 2 rings (SSSR count). The van der Waals surface area contributed by atoms with Crippen molar-refractivity contribution in [2.75, 3.05) is 13.2 Å². The lowest BCUT2D eigenvalue weighted by atomic mass is 10.1. The summed E-state index contributed by atoms with van der Waals surface area (Å²) in [4.78, 5) is 24.5. The van der Waals surface area contributed by atoms with E-state index in [0.29, 0.717) is 36.0 Å². The van der Waals surface area contributed by atoms with Crippen LogP contribution in [0.2, 0.25) is 0 Å². The predicted molar refractivity (Wildman–Crippen MR) is 140 cm³/mol. The molecule has 0 N–H and O–H groups in total. The number of hydrogen-bond donors (Lipinski definition) is 0. The Kier molecular flexibility index (Phi) is 13.6. The van der Waals surface area contributed by atoms with Gasteiger partial charge in [-0.3, -0.25) is 0 Å². The van der Waals surface area contributed by atoms with Crippen molar-refractivity contribution in [1.29, 1.82) is 0 Å². The van der Waals surface area contributed by atoms with Crippen LogP contribution < -0.4 is 9.47 Å². The van der Waals surface area contributed by atoms with Gasteiger partial charge in [0, 0.05) is 0 Å². The molecule has 0 fully saturated rings. The molecule has 0 aliphatic carbocycles. The smallest absolute Gasteiger partial charge is 0.343 e. The number of carbonyl (C=O) groups is 2. The number of esters is 2. The Balaban J connectivity index is 1.67. The lowest BCUT2D eigenvalue weighted by Gasteiger charge is -2.10. The third-order valence-corrected chi connectivity index (χ3v) is 6.10. The van der Waals surface area contributed by atoms with E-state index in [1.807, 2.05) is 6.92 Å². The summed E-state index contributed by atoms with van der Waals surface area (Å²) in [5.74, 6) is 0.621. The second-order valence-electron chi connectivity index (χ2n) is 9.23. The molecular formula is C30H42O5. The molecule has 2 aromatic carbocycles. The highest BCUT2D eigenvalue weighted by Gasteiger charge is 2.12. The number of rotatable bonds is 17. The van der Waals surface area contributed by atoms with Gasteiger partial charge in [0.1, 0.15) is 11.5 Å². The number of benzene rings is 2. The predicted octanol–water partition coefficient (Wildman–Crippen LogP) is 8.02. The molecule has 0 radical (unpaired) electrons. The monoisotopic (exact) mass is 482 g/mol. The molecule has 0 saturated carbocycles. The first-order valence-electron chi connectivity index (χ1n) is 13.3. The van der Waals surface area contributed by atoms with Crippen molar-refractivity contribution < 1.29 is 23.8 Å². The summed E-state index contributed by atoms with van der Waals surface area (Å²) in [6.07, 6.45) is 12.5. The Morgan fingerprint density at radius 3 is 1.77 bits per heavy atom. The minimum absolute atomic E-state index is 0.325. The Bertz CT molecular complexity index is 857. The highest BCUT2D eigenvalue weighted by Crippen LogP contribution is 2.18. The van der Waals surface area contributed by atoms with Crippen LogP contribution in [-0.2, 0) is 4.74 Å². The van der Waals surface area contributed by atoms with Crippen LogP contribution in [0.4, 0.5) is 0 Å². The van der Waals surface area contributed by atoms with Crippen LogP contribution in [-0.4, -0.2) is 25.2 Å². The fraction of sp³-hybridized carbons (Fsp3) is 0.533. The van der Waals surface area contributed by atoms with Crippen molar-refractivity contribution in [1.82, 2.24) is 0 Å². The maximum Gasteiger partial charge on any atom is 0.343 e. The summed E-state index contributed by atoms with van der Waals surface area (Å²) in [7, 11) is 0. The highest BCUT2D eigenvalue weighted by molar-refractivity contribution is 5.92. The first kappa shape index (κ1) is 28.4. The Hall–Kier alpha value is -2.82. The molecule has 0 amide bonds. The molecule has 0 aliphatic heterocycles. The largest absolute Gasteiger partial charge is 0.494 e. The van der Waals surface area contributed by atoms with Crippen molar-refractivity contribution in [2.45, 2.75) is 85.0 Å². The van der Waals surface area contributed by atoms with E-state index >= 15 is 0 Å². The zero-order chi connectivity index (χ0) is 25.3. The average molecular weight is 483 g/mol. The van der Waals surface area contributed by atoms with Gasteiger partial charge >= 0.3 is 11.9 Å². The Morgan fingerprint density at radius 2 is 1.20 bits per heavy atom. The lowest BCUT2D eigenvalue weighted by molar-refractivity contribution is 0.0447. The van der Waals surface area contributed by atoms with Gasteiger partial charge < -0.3 is 14.2 Å². The third-order valence-electron chi connectivity index (χ3n) is 6.10. The van der Waals surface area contributed by atoms with Crippen molar-refractivity contribution in [3.8, 4) is 11.5 Å². The molecule has 0 spiro atoms. The van der Waals surface area contributed by atoms with E-state index in [9.17, 15) is 9.59 Å². The number of carbonyl (C=O) groups excluding carboxylic acids is 2. The van der Waals surface area contributed by atoms with E-state index in [-0.39, 0.29) is 5.97 Å². The van der Waals surface area contributed by atoms with Crippen molar-refractivity contribution in [2.24, 2.45) is 5.92 Å². The van der Waals surface area contributed by atoms with E-state index in [4.69, 9.17) is 14.2 Å². The zero-order valence-corrected chi connectivity index (χ0v) is 21.7. The minimum Gasteiger partial charge on any atom is -0.494 e. The third kappa shape index (κ3) is 11.4. The first-order chi connectivity index (χ1) is 17.0. The molecule has 5 heteroatoms. The van der Waals surface area contributed by atoms with Crippen LogP contribution >= 0.6 is 0 Å². The number of ether oxygens (including phenoxy) is 3. The maximum atomic E-state index is 12.4. The summed E-state index contributed by atoms with van der Waals surface area (Å²) in [6.45, 7) is 7.42. The molecule has 192 valence electrons. The van der Waals surface area contributed by atoms with Crippen LogP contribution in [0, 0.1) is 5.92 Å². The molecule has 0 saturated heterocycles. The van der Waals surface area contributed by atoms with Crippen molar-refractivity contribution in [3.63, 3.8) is 0 Å². The fourth-order valence-corrected chi connectivity index (χ4v) is 3.53. The molecule has 0 aromatic heterocycles. The SMILES string of the molecule is CCCCCCCCCCCOc1ccc(C(=O)Oc2ccc(C(=O)OCC(C)CC)cc2)cc1. The summed E-state index contributed by atoms with van der Waals surface area (Å²) in [5.41, 5.74) is 0.874. The van der Waals surface area contributed by atoms with Crippen molar-refractivity contribution >= 4 is 11.9 Å². The standard InChI is InChI=1S/C30H42O5/c1-4-6-7-8-9-10-11-12-13-22-33-27-18-14-26(15-19-27)30(32)35-28-20-16-25(17-21-28)29(31)34-23-24(3)5-2/h14-21,24H,4-13,22-23H2,1-3H3. The lowest BCUT2D eigenvalue weighted by Crippen LogP contribution is -2.12. The number of unbranched alkanes of at least 4 members (excludes halogenated alkanes) is 8. The molecule has 5 nitrogen and oxygen atoms in total. The Labute approximate surface area is 211 Å². The van der Waals surface area contributed by atoms with Crippen LogP contribution in [0.5, 0.6) is 11.5 Å². The Morgan fingerprint density at radius 1 is 0.686 bits per heavy atom. The summed E-state index contributed by atoms with van der Waals surface area (Å²) in [5, 5.41) is 0.